The molecule has 0 amide bonds. The minimum absolute atomic E-state index is 0.0770. The molecule has 0 saturated heterocycles. The number of azo groups is 1. The number of nitro groups is 1. The van der Waals surface area contributed by atoms with Crippen LogP contribution in [0.25, 0.3) is 10.9 Å². The van der Waals surface area contributed by atoms with E-state index in [-0.39, 0.29) is 27.3 Å². The summed E-state index contributed by atoms with van der Waals surface area (Å²) in [6.45, 7) is 0. The number of hydrogen-bond acceptors (Lipinski definition) is 6. The molecular formula is C15H8ClFN4O4. The molecule has 0 unspecified atom stereocenters. The van der Waals surface area contributed by atoms with Crippen molar-refractivity contribution in [3.8, 4) is 5.75 Å². The third-order valence-corrected chi connectivity index (χ3v) is 3.63. The average molecular weight is 363 g/mol. The monoisotopic (exact) mass is 362 g/mol. The number of fused-ring (bicyclic) bond motifs is 1. The normalized spacial score (nSPS) is 11.3. The number of non-ortho nitro benzene ring substituents is 1. The number of nitrogens with one attached hydrogen (secondary N) is 1. The number of hydrogen-bond donors (Lipinski definition) is 2. The zero-order valence-corrected chi connectivity index (χ0v) is 13.0. The van der Waals surface area contributed by atoms with Gasteiger partial charge in [-0.15, -0.1) is 5.11 Å². The maximum atomic E-state index is 13.4. The summed E-state index contributed by atoms with van der Waals surface area (Å²) < 4.78 is 13.4. The topological polar surface area (TPSA) is 121 Å². The summed E-state index contributed by atoms with van der Waals surface area (Å²) in [5, 5.41) is 28.4. The van der Waals surface area contributed by atoms with Gasteiger partial charge in [0.25, 0.3) is 11.2 Å². The summed E-state index contributed by atoms with van der Waals surface area (Å²) >= 11 is 5.56. The number of aromatic amines is 1. The molecule has 3 rings (SSSR count). The van der Waals surface area contributed by atoms with E-state index in [0.717, 1.165) is 12.1 Å². The zero-order chi connectivity index (χ0) is 18.1. The lowest BCUT2D eigenvalue weighted by atomic mass is 10.1. The smallest absolute Gasteiger partial charge is 0.280 e. The summed E-state index contributed by atoms with van der Waals surface area (Å²) in [6.07, 6.45) is 0. The third kappa shape index (κ3) is 3.17. The molecule has 8 nitrogen and oxygen atoms in total. The van der Waals surface area contributed by atoms with Crippen LogP contribution in [0.5, 0.6) is 5.75 Å². The molecule has 25 heavy (non-hydrogen) atoms. The van der Waals surface area contributed by atoms with Gasteiger partial charge in [-0.2, -0.15) is 5.11 Å². The molecule has 2 aromatic carbocycles. The first-order valence-electron chi connectivity index (χ1n) is 6.77. The molecule has 0 radical (unpaired) electrons. The van der Waals surface area contributed by atoms with Crippen molar-refractivity contribution in [3.05, 3.63) is 67.7 Å². The first kappa shape index (κ1) is 16.5. The Morgan fingerprint density at radius 1 is 1.20 bits per heavy atom. The number of benzene rings is 2. The van der Waals surface area contributed by atoms with Crippen molar-refractivity contribution in [2.24, 2.45) is 10.2 Å². The van der Waals surface area contributed by atoms with E-state index in [2.05, 4.69) is 15.2 Å². The van der Waals surface area contributed by atoms with E-state index in [9.17, 15) is 24.4 Å². The van der Waals surface area contributed by atoms with E-state index in [1.165, 1.54) is 24.3 Å². The fraction of sp³-hybridized carbons (Fsp3) is 0. The van der Waals surface area contributed by atoms with Crippen molar-refractivity contribution in [1.82, 2.24) is 4.98 Å². The van der Waals surface area contributed by atoms with E-state index in [4.69, 9.17) is 11.6 Å². The lowest BCUT2D eigenvalue weighted by Crippen LogP contribution is -2.05. The van der Waals surface area contributed by atoms with Gasteiger partial charge in [0.15, 0.2) is 11.4 Å². The number of aromatic nitrogens is 1. The van der Waals surface area contributed by atoms with Gasteiger partial charge in [-0.3, -0.25) is 14.9 Å². The van der Waals surface area contributed by atoms with Gasteiger partial charge < -0.3 is 10.1 Å². The van der Waals surface area contributed by atoms with Crippen LogP contribution < -0.4 is 5.56 Å². The molecule has 1 aromatic heterocycles. The summed E-state index contributed by atoms with van der Waals surface area (Å²) in [4.78, 5) is 24.6. The molecule has 0 saturated carbocycles. The predicted molar refractivity (Wildman–Crippen MR) is 88.5 cm³/mol. The minimum atomic E-state index is -0.802. The molecule has 2 N–H and O–H groups in total. The summed E-state index contributed by atoms with van der Waals surface area (Å²) in [7, 11) is 0. The highest BCUT2D eigenvalue weighted by Crippen LogP contribution is 2.33. The lowest BCUT2D eigenvalue weighted by Gasteiger charge is -2.03. The number of aromatic hydroxyl groups is 1. The van der Waals surface area contributed by atoms with Crippen LogP contribution in [0, 0.1) is 15.9 Å². The van der Waals surface area contributed by atoms with Crippen LogP contribution in [0.15, 0.2) is 51.4 Å². The maximum absolute atomic E-state index is 13.4. The Labute approximate surface area is 143 Å². The number of H-pyrrole nitrogens is 1. The van der Waals surface area contributed by atoms with E-state index in [1.54, 1.807) is 0 Å². The van der Waals surface area contributed by atoms with Crippen LogP contribution >= 0.6 is 11.6 Å². The van der Waals surface area contributed by atoms with E-state index >= 15 is 0 Å². The van der Waals surface area contributed by atoms with E-state index in [1.807, 2.05) is 0 Å². The van der Waals surface area contributed by atoms with Crippen LogP contribution in [0.3, 0.4) is 0 Å². The Morgan fingerprint density at radius 2 is 1.96 bits per heavy atom. The Balaban J connectivity index is 2.08. The number of nitrogens with zero attached hydrogens (tertiary/aromatic N) is 3. The van der Waals surface area contributed by atoms with Crippen molar-refractivity contribution in [2.45, 2.75) is 0 Å². The summed E-state index contributed by atoms with van der Waals surface area (Å²) in [5.74, 6) is -1.20. The molecule has 0 aliphatic carbocycles. The van der Waals surface area contributed by atoms with Crippen LogP contribution in [0.1, 0.15) is 0 Å². The second kappa shape index (κ2) is 6.29. The molecule has 1 heterocycles. The molecule has 3 aromatic rings. The summed E-state index contributed by atoms with van der Waals surface area (Å²) in [5.41, 5.74) is -1.29. The zero-order valence-electron chi connectivity index (χ0n) is 12.2. The molecule has 126 valence electrons. The average Bonchev–Trinajstić information content (AvgIpc) is 2.57. The van der Waals surface area contributed by atoms with Gasteiger partial charge in [0, 0.05) is 23.6 Å². The van der Waals surface area contributed by atoms with Gasteiger partial charge in [0.2, 0.25) is 0 Å². The first-order chi connectivity index (χ1) is 11.9. The molecule has 0 spiro atoms. The quantitative estimate of drug-likeness (QED) is 0.408. The van der Waals surface area contributed by atoms with Crippen LogP contribution in [0.4, 0.5) is 21.5 Å². The molecule has 10 heteroatoms. The Kier molecular flexibility index (Phi) is 4.15. The van der Waals surface area contributed by atoms with Crippen molar-refractivity contribution in [2.75, 3.05) is 0 Å². The SMILES string of the molecule is O=c1[nH]c2cc([N+](=O)[O-])ccc2c(O)c1N=Nc1ccc(Cl)c(F)c1. The molecule has 0 fully saturated rings. The minimum Gasteiger partial charge on any atom is -0.505 e. The maximum Gasteiger partial charge on any atom is 0.280 e. The Morgan fingerprint density at radius 3 is 2.64 bits per heavy atom. The molecule has 0 aliphatic heterocycles. The van der Waals surface area contributed by atoms with E-state index in [0.29, 0.717) is 0 Å². The van der Waals surface area contributed by atoms with E-state index < -0.39 is 27.7 Å². The molecular weight excluding hydrogens is 355 g/mol. The highest BCUT2D eigenvalue weighted by molar-refractivity contribution is 6.30. The van der Waals surface area contributed by atoms with Crippen molar-refractivity contribution in [1.29, 1.82) is 0 Å². The highest BCUT2D eigenvalue weighted by atomic mass is 35.5. The number of pyridine rings is 1. The Bertz CT molecular complexity index is 1100. The van der Waals surface area contributed by atoms with Crippen LogP contribution in [0.2, 0.25) is 5.02 Å². The lowest BCUT2D eigenvalue weighted by molar-refractivity contribution is -0.384. The van der Waals surface area contributed by atoms with Gasteiger partial charge in [-0.25, -0.2) is 4.39 Å². The van der Waals surface area contributed by atoms with Crippen LogP contribution in [-0.4, -0.2) is 15.0 Å². The summed E-state index contributed by atoms with van der Waals surface area (Å²) in [6, 6.07) is 7.24. The van der Waals surface area contributed by atoms with Gasteiger partial charge in [-0.1, -0.05) is 11.6 Å². The van der Waals surface area contributed by atoms with Gasteiger partial charge in [0.1, 0.15) is 5.82 Å². The third-order valence-electron chi connectivity index (χ3n) is 3.33. The second-order valence-electron chi connectivity index (χ2n) is 4.94. The van der Waals surface area contributed by atoms with Crippen molar-refractivity contribution >= 4 is 39.6 Å². The Hall–Kier alpha value is -3.33. The number of halogens is 2. The molecule has 0 atom stereocenters. The second-order valence-corrected chi connectivity index (χ2v) is 5.34. The van der Waals surface area contributed by atoms with Crippen LogP contribution in [-0.2, 0) is 0 Å². The molecule has 0 aliphatic rings. The van der Waals surface area contributed by atoms with Gasteiger partial charge in [-0.05, 0) is 18.2 Å². The van der Waals surface area contributed by atoms with Gasteiger partial charge >= 0.3 is 0 Å². The van der Waals surface area contributed by atoms with Gasteiger partial charge in [0.05, 0.1) is 21.2 Å². The van der Waals surface area contributed by atoms with Crippen molar-refractivity contribution in [3.63, 3.8) is 0 Å². The highest BCUT2D eigenvalue weighted by Gasteiger charge is 2.15. The number of rotatable bonds is 3. The first-order valence-corrected chi connectivity index (χ1v) is 7.15. The fourth-order valence-corrected chi connectivity index (χ4v) is 2.24. The van der Waals surface area contributed by atoms with Crippen molar-refractivity contribution < 1.29 is 14.4 Å². The fourth-order valence-electron chi connectivity index (χ4n) is 2.12. The standard InChI is InChI=1S/C15H8ClFN4O4/c16-10-4-1-7(5-11(10)17)19-20-13-14(22)9-3-2-8(21(24)25)6-12(9)18-15(13)23/h1-6H,(H2,18,22,23). The predicted octanol–water partition coefficient (Wildman–Crippen LogP) is 4.35. The largest absolute Gasteiger partial charge is 0.505 e. The molecule has 0 bridgehead atoms. The number of nitro benzene ring substituents is 1.